The smallest absolute Gasteiger partial charge is 0.128 e. The van der Waals surface area contributed by atoms with Gasteiger partial charge in [-0.25, -0.2) is 4.98 Å². The van der Waals surface area contributed by atoms with Gasteiger partial charge >= 0.3 is 0 Å². The first-order chi connectivity index (χ1) is 8.76. The van der Waals surface area contributed by atoms with Gasteiger partial charge in [-0.2, -0.15) is 5.26 Å². The van der Waals surface area contributed by atoms with Crippen LogP contribution < -0.4 is 0 Å². The second-order valence-corrected chi connectivity index (χ2v) is 6.75. The van der Waals surface area contributed by atoms with Crippen LogP contribution in [0.1, 0.15) is 54.1 Å². The van der Waals surface area contributed by atoms with E-state index in [1.807, 2.05) is 0 Å². The van der Waals surface area contributed by atoms with Crippen LogP contribution in [0.25, 0.3) is 0 Å². The quantitative estimate of drug-likeness (QED) is 0.839. The van der Waals surface area contributed by atoms with Crippen molar-refractivity contribution in [2.75, 3.05) is 13.1 Å². The van der Waals surface area contributed by atoms with E-state index in [0.29, 0.717) is 5.92 Å². The summed E-state index contributed by atoms with van der Waals surface area (Å²) in [6.45, 7) is 5.64. The summed E-state index contributed by atoms with van der Waals surface area (Å²) in [7, 11) is 0. The van der Waals surface area contributed by atoms with Crippen molar-refractivity contribution in [3.8, 4) is 6.07 Å². The van der Waals surface area contributed by atoms with Crippen LogP contribution in [0.4, 0.5) is 0 Å². The van der Waals surface area contributed by atoms with Crippen molar-refractivity contribution in [2.24, 2.45) is 5.92 Å². The van der Waals surface area contributed by atoms with Gasteiger partial charge in [0.15, 0.2) is 0 Å². The first-order valence-electron chi connectivity index (χ1n) is 6.88. The lowest BCUT2D eigenvalue weighted by atomic mass is 9.99. The van der Waals surface area contributed by atoms with E-state index in [2.05, 4.69) is 17.9 Å². The number of hydrogen-bond acceptors (Lipinski definition) is 4. The summed E-state index contributed by atoms with van der Waals surface area (Å²) in [5.41, 5.74) is 1.09. The number of piperidine rings is 1. The van der Waals surface area contributed by atoms with Crippen LogP contribution in [0.5, 0.6) is 0 Å². The third kappa shape index (κ3) is 2.57. The van der Waals surface area contributed by atoms with E-state index in [1.54, 1.807) is 11.3 Å². The number of aromatic nitrogens is 1. The lowest BCUT2D eigenvalue weighted by molar-refractivity contribution is 0.185. The maximum atomic E-state index is 9.16. The number of rotatable bonds is 3. The molecule has 1 saturated carbocycles. The number of likely N-dealkylation sites (tertiary alicyclic amines) is 1. The summed E-state index contributed by atoms with van der Waals surface area (Å²) in [4.78, 5) is 8.05. The molecule has 0 spiro atoms. The Morgan fingerprint density at radius 1 is 1.33 bits per heavy atom. The zero-order valence-corrected chi connectivity index (χ0v) is 11.7. The first kappa shape index (κ1) is 12.1. The molecule has 96 valence electrons. The molecule has 3 rings (SSSR count). The van der Waals surface area contributed by atoms with Crippen molar-refractivity contribution in [1.29, 1.82) is 5.26 Å². The zero-order chi connectivity index (χ0) is 12.5. The molecule has 18 heavy (non-hydrogen) atoms. The average Bonchev–Trinajstić information content (AvgIpc) is 3.14. The molecule has 2 fully saturated rings. The van der Waals surface area contributed by atoms with E-state index in [-0.39, 0.29) is 0 Å². The predicted octanol–water partition coefficient (Wildman–Crippen LogP) is 3.12. The van der Waals surface area contributed by atoms with Gasteiger partial charge in [0.05, 0.1) is 12.2 Å². The highest BCUT2D eigenvalue weighted by Crippen LogP contribution is 2.42. The highest BCUT2D eigenvalue weighted by Gasteiger charge is 2.30. The largest absolute Gasteiger partial charge is 0.297 e. The Labute approximate surface area is 112 Å². The monoisotopic (exact) mass is 261 g/mol. The van der Waals surface area contributed by atoms with Crippen molar-refractivity contribution < 1.29 is 0 Å². The topological polar surface area (TPSA) is 39.9 Å². The fourth-order valence-corrected chi connectivity index (χ4v) is 3.56. The Morgan fingerprint density at radius 2 is 2.06 bits per heavy atom. The van der Waals surface area contributed by atoms with Crippen molar-refractivity contribution in [2.45, 2.75) is 45.1 Å². The first-order valence-corrected chi connectivity index (χ1v) is 7.70. The Bertz CT molecular complexity index is 462. The van der Waals surface area contributed by atoms with Gasteiger partial charge in [-0.05, 0) is 44.7 Å². The zero-order valence-electron chi connectivity index (χ0n) is 10.9. The maximum absolute atomic E-state index is 9.16. The molecule has 4 heteroatoms. The normalized spacial score (nSPS) is 22.0. The van der Waals surface area contributed by atoms with Gasteiger partial charge in [-0.3, -0.25) is 4.90 Å². The molecule has 0 aromatic carbocycles. The average molecular weight is 261 g/mol. The summed E-state index contributed by atoms with van der Waals surface area (Å²) >= 11 is 1.61. The molecule has 3 nitrogen and oxygen atoms in total. The molecule has 1 aromatic heterocycles. The molecule has 0 amide bonds. The highest BCUT2D eigenvalue weighted by atomic mass is 32.1. The van der Waals surface area contributed by atoms with E-state index in [0.717, 1.165) is 28.0 Å². The van der Waals surface area contributed by atoms with Crippen LogP contribution in [0.3, 0.4) is 0 Å². The third-order valence-corrected chi connectivity index (χ3v) is 4.96. The number of nitriles is 1. The van der Waals surface area contributed by atoms with Gasteiger partial charge in [0.25, 0.3) is 0 Å². The SMILES string of the molecule is CC1CCN(Cc2nc(C3CC3)c(C#N)s2)CC1. The minimum Gasteiger partial charge on any atom is -0.297 e. The van der Waals surface area contributed by atoms with Crippen molar-refractivity contribution in [3.63, 3.8) is 0 Å². The third-order valence-electron chi connectivity index (χ3n) is 4.00. The van der Waals surface area contributed by atoms with E-state index in [4.69, 9.17) is 10.2 Å². The summed E-state index contributed by atoms with van der Waals surface area (Å²) in [6, 6.07) is 2.32. The fraction of sp³-hybridized carbons (Fsp3) is 0.714. The second-order valence-electron chi connectivity index (χ2n) is 5.67. The summed E-state index contributed by atoms with van der Waals surface area (Å²) in [5, 5.41) is 10.3. The molecule has 0 N–H and O–H groups in total. The van der Waals surface area contributed by atoms with Crippen LogP contribution in [-0.4, -0.2) is 23.0 Å². The molecule has 0 bridgehead atoms. The van der Waals surface area contributed by atoms with Gasteiger partial charge in [-0.15, -0.1) is 11.3 Å². The van der Waals surface area contributed by atoms with Crippen molar-refractivity contribution in [1.82, 2.24) is 9.88 Å². The number of thiazole rings is 1. The van der Waals surface area contributed by atoms with Crippen LogP contribution in [0.2, 0.25) is 0 Å². The summed E-state index contributed by atoms with van der Waals surface area (Å²) in [5.74, 6) is 1.46. The van der Waals surface area contributed by atoms with E-state index >= 15 is 0 Å². The molecule has 0 atom stereocenters. The van der Waals surface area contributed by atoms with Crippen LogP contribution in [-0.2, 0) is 6.54 Å². The maximum Gasteiger partial charge on any atom is 0.128 e. The highest BCUT2D eigenvalue weighted by molar-refractivity contribution is 7.12. The Hall–Kier alpha value is -0.920. The van der Waals surface area contributed by atoms with Crippen molar-refractivity contribution >= 4 is 11.3 Å². The molecule has 1 aliphatic carbocycles. The molecule has 0 radical (unpaired) electrons. The van der Waals surface area contributed by atoms with E-state index in [9.17, 15) is 0 Å². The van der Waals surface area contributed by atoms with Gasteiger partial charge in [0.2, 0.25) is 0 Å². The van der Waals surface area contributed by atoms with Gasteiger partial charge < -0.3 is 0 Å². The van der Waals surface area contributed by atoms with E-state index in [1.165, 1.54) is 38.8 Å². The van der Waals surface area contributed by atoms with Gasteiger partial charge in [-0.1, -0.05) is 6.92 Å². The van der Waals surface area contributed by atoms with Gasteiger partial charge in [0, 0.05) is 5.92 Å². The minimum absolute atomic E-state index is 0.589. The molecule has 1 saturated heterocycles. The number of hydrogen-bond donors (Lipinski definition) is 0. The Kier molecular flexibility index (Phi) is 3.36. The molecule has 2 heterocycles. The molecule has 1 aliphatic heterocycles. The van der Waals surface area contributed by atoms with Crippen LogP contribution >= 0.6 is 11.3 Å². The predicted molar refractivity (Wildman–Crippen MR) is 72.5 cm³/mol. The number of nitrogens with zero attached hydrogens (tertiary/aromatic N) is 3. The van der Waals surface area contributed by atoms with Crippen LogP contribution in [0, 0.1) is 17.2 Å². The minimum atomic E-state index is 0.589. The Morgan fingerprint density at radius 3 is 2.67 bits per heavy atom. The van der Waals surface area contributed by atoms with E-state index < -0.39 is 0 Å². The summed E-state index contributed by atoms with van der Waals surface area (Å²) < 4.78 is 0. The molecule has 2 aliphatic rings. The fourth-order valence-electron chi connectivity index (χ4n) is 2.57. The van der Waals surface area contributed by atoms with Gasteiger partial charge in [0.1, 0.15) is 16.0 Å². The molecular weight excluding hydrogens is 242 g/mol. The standard InChI is InChI=1S/C14H19N3S/c1-10-4-6-17(7-5-10)9-13-16-14(11-2-3-11)12(8-15)18-13/h10-11H,2-7,9H2,1H3. The lowest BCUT2D eigenvalue weighted by Gasteiger charge is -2.29. The molecule has 0 unspecified atom stereocenters. The Balaban J connectivity index is 1.67. The van der Waals surface area contributed by atoms with Crippen LogP contribution in [0.15, 0.2) is 0 Å². The summed E-state index contributed by atoms with van der Waals surface area (Å²) in [6.07, 6.45) is 5.04. The van der Waals surface area contributed by atoms with Crippen molar-refractivity contribution in [3.05, 3.63) is 15.6 Å². The second kappa shape index (κ2) is 4.99. The molecule has 1 aromatic rings. The lowest BCUT2D eigenvalue weighted by Crippen LogP contribution is -2.32. The molecular formula is C14H19N3S.